The zero-order valence-electron chi connectivity index (χ0n) is 26.7. The summed E-state index contributed by atoms with van der Waals surface area (Å²) >= 11 is 0. The number of aromatic nitrogens is 3. The smallest absolute Gasteiger partial charge is 0.354 e. The molecule has 0 spiro atoms. The fourth-order valence-corrected chi connectivity index (χ4v) is 6.16. The number of rotatable bonds is 15. The van der Waals surface area contributed by atoms with Crippen LogP contribution in [0.5, 0.6) is 17.4 Å². The molecule has 3 heterocycles. The predicted octanol–water partition coefficient (Wildman–Crippen LogP) is 8.61. The van der Waals surface area contributed by atoms with Crippen LogP contribution in [0.25, 0.3) is 23.4 Å². The van der Waals surface area contributed by atoms with Crippen molar-refractivity contribution >= 4 is 13.7 Å². The molecule has 0 saturated carbocycles. The zero-order valence-corrected chi connectivity index (χ0v) is 27.6. The highest BCUT2D eigenvalue weighted by Crippen LogP contribution is 2.52. The molecular weight excluding hydrogens is 609 g/mol. The minimum atomic E-state index is -3.54. The number of nitrogens with zero attached hydrogens (tertiary/aromatic N) is 3. The SMILES string of the molecule is COc1cc(COc2nn(-c3ccccc3)cc2C=CP(=O)(OC(C)C)OC(C)C)ccc1OCc1nc(-c2ccco2)oc1C. The average molecular weight is 648 g/mol. The molecule has 0 fully saturated rings. The molecule has 5 aromatic rings. The first-order chi connectivity index (χ1) is 22.1. The largest absolute Gasteiger partial charge is 0.493 e. The van der Waals surface area contributed by atoms with Crippen LogP contribution < -0.4 is 14.2 Å². The number of oxazole rings is 1. The number of para-hydroxylation sites is 1. The molecule has 0 aliphatic carbocycles. The van der Waals surface area contributed by atoms with Gasteiger partial charge in [-0.3, -0.25) is 4.57 Å². The van der Waals surface area contributed by atoms with Gasteiger partial charge in [0.05, 0.1) is 36.8 Å². The van der Waals surface area contributed by atoms with Crippen LogP contribution in [0.4, 0.5) is 0 Å². The standard InChI is InChI=1S/C34H38N3O8P/c1-23(2)44-46(38,45-24(3)4)18-16-27-20-37(28-11-8-7-9-12-28)36-33(27)42-21-26-14-15-30(32(19-26)39-6)41-22-29-25(5)43-34(35-29)31-13-10-17-40-31/h7-20,23-24H,21-22H2,1-6H3. The Morgan fingerprint density at radius 1 is 0.935 bits per heavy atom. The van der Waals surface area contributed by atoms with Gasteiger partial charge in [-0.25, -0.2) is 9.67 Å². The lowest BCUT2D eigenvalue weighted by Crippen LogP contribution is -2.06. The van der Waals surface area contributed by atoms with Gasteiger partial charge in [-0.05, 0) is 82.7 Å². The fourth-order valence-electron chi connectivity index (χ4n) is 4.45. The number of hydrogen-bond acceptors (Lipinski definition) is 10. The third-order valence-corrected chi connectivity index (χ3v) is 8.42. The average Bonchev–Trinajstić information content (AvgIpc) is 3.78. The second-order valence-electron chi connectivity index (χ2n) is 10.9. The lowest BCUT2D eigenvalue weighted by Gasteiger charge is -2.19. The summed E-state index contributed by atoms with van der Waals surface area (Å²) in [6, 6.07) is 18.7. The van der Waals surface area contributed by atoms with Crippen LogP contribution >= 0.6 is 7.60 Å². The summed E-state index contributed by atoms with van der Waals surface area (Å²) in [4.78, 5) is 4.50. The normalized spacial score (nSPS) is 12.0. The van der Waals surface area contributed by atoms with E-state index in [0.717, 1.165) is 11.3 Å². The van der Waals surface area contributed by atoms with Crippen molar-refractivity contribution in [1.29, 1.82) is 0 Å². The van der Waals surface area contributed by atoms with Crippen molar-refractivity contribution in [2.45, 2.75) is 60.0 Å². The van der Waals surface area contributed by atoms with Gasteiger partial charge in [-0.1, -0.05) is 24.3 Å². The Morgan fingerprint density at radius 3 is 2.37 bits per heavy atom. The first kappa shape index (κ1) is 32.8. The van der Waals surface area contributed by atoms with Crippen molar-refractivity contribution in [3.63, 3.8) is 0 Å². The molecule has 11 nitrogen and oxygen atoms in total. The van der Waals surface area contributed by atoms with E-state index in [1.54, 1.807) is 42.5 Å². The van der Waals surface area contributed by atoms with Crippen LogP contribution in [0.3, 0.4) is 0 Å². The molecule has 0 aliphatic heterocycles. The second-order valence-corrected chi connectivity index (χ2v) is 12.7. The summed E-state index contributed by atoms with van der Waals surface area (Å²) < 4.78 is 55.5. The summed E-state index contributed by atoms with van der Waals surface area (Å²) in [5, 5.41) is 4.66. The molecule has 0 amide bonds. The van der Waals surface area contributed by atoms with E-state index in [9.17, 15) is 4.57 Å². The van der Waals surface area contributed by atoms with E-state index in [4.69, 9.17) is 32.1 Å². The van der Waals surface area contributed by atoms with Gasteiger partial charge < -0.3 is 32.1 Å². The fraction of sp³-hybridized carbons (Fsp3) is 0.294. The van der Waals surface area contributed by atoms with E-state index < -0.39 is 7.60 Å². The molecule has 0 aliphatic rings. The summed E-state index contributed by atoms with van der Waals surface area (Å²) in [5.41, 5.74) is 2.92. The minimum absolute atomic E-state index is 0.180. The first-order valence-electron chi connectivity index (χ1n) is 14.9. The molecule has 5 rings (SSSR count). The van der Waals surface area contributed by atoms with E-state index >= 15 is 0 Å². The highest BCUT2D eigenvalue weighted by Gasteiger charge is 2.25. The monoisotopic (exact) mass is 647 g/mol. The Labute approximate surface area is 268 Å². The van der Waals surface area contributed by atoms with Crippen molar-refractivity contribution in [1.82, 2.24) is 14.8 Å². The van der Waals surface area contributed by atoms with Gasteiger partial charge in [0.1, 0.15) is 24.7 Å². The quantitative estimate of drug-likeness (QED) is 0.102. The van der Waals surface area contributed by atoms with Crippen LogP contribution in [-0.4, -0.2) is 34.1 Å². The maximum absolute atomic E-state index is 13.5. The predicted molar refractivity (Wildman–Crippen MR) is 173 cm³/mol. The number of aryl methyl sites for hydroxylation is 1. The van der Waals surface area contributed by atoms with E-state index in [2.05, 4.69) is 10.1 Å². The molecule has 242 valence electrons. The Bertz CT molecular complexity index is 1780. The lowest BCUT2D eigenvalue weighted by atomic mass is 10.2. The highest BCUT2D eigenvalue weighted by atomic mass is 31.2. The molecule has 0 radical (unpaired) electrons. The van der Waals surface area contributed by atoms with Crippen molar-refractivity contribution in [2.24, 2.45) is 0 Å². The van der Waals surface area contributed by atoms with Crippen LogP contribution in [0.1, 0.15) is 50.3 Å². The summed E-state index contributed by atoms with van der Waals surface area (Å²) in [6.07, 6.45) is 4.44. The van der Waals surface area contributed by atoms with Crippen molar-refractivity contribution in [2.75, 3.05) is 7.11 Å². The Hall–Kier alpha value is -4.57. The van der Waals surface area contributed by atoms with E-state index in [1.165, 1.54) is 5.82 Å². The molecule has 0 unspecified atom stereocenters. The number of furan rings is 1. The summed E-state index contributed by atoms with van der Waals surface area (Å²) in [5.74, 6) is 4.44. The van der Waals surface area contributed by atoms with Gasteiger partial charge in [0, 0.05) is 12.0 Å². The van der Waals surface area contributed by atoms with Gasteiger partial charge in [0.2, 0.25) is 5.88 Å². The van der Waals surface area contributed by atoms with E-state index in [0.29, 0.717) is 46.0 Å². The number of benzene rings is 2. The van der Waals surface area contributed by atoms with Gasteiger partial charge in [0.25, 0.3) is 5.89 Å². The molecule has 12 heteroatoms. The topological polar surface area (TPSA) is 120 Å². The van der Waals surface area contributed by atoms with Crippen LogP contribution in [0.15, 0.2) is 87.8 Å². The molecule has 0 atom stereocenters. The van der Waals surface area contributed by atoms with Crippen molar-refractivity contribution in [3.05, 3.63) is 102 Å². The number of methoxy groups -OCH3 is 1. The molecule has 2 aromatic carbocycles. The molecular formula is C34H38N3O8P. The van der Waals surface area contributed by atoms with Gasteiger partial charge >= 0.3 is 7.60 Å². The van der Waals surface area contributed by atoms with Crippen LogP contribution in [-0.2, 0) is 26.8 Å². The number of hydrogen-bond donors (Lipinski definition) is 0. The molecule has 0 saturated heterocycles. The Kier molecular flexibility index (Phi) is 10.5. The third kappa shape index (κ3) is 8.37. The Balaban J connectivity index is 1.33. The number of ether oxygens (including phenoxy) is 3. The third-order valence-electron chi connectivity index (χ3n) is 6.47. The molecule has 0 N–H and O–H groups in total. The Morgan fingerprint density at radius 2 is 1.70 bits per heavy atom. The molecule has 0 bridgehead atoms. The zero-order chi connectivity index (χ0) is 32.7. The van der Waals surface area contributed by atoms with Crippen molar-refractivity contribution in [3.8, 4) is 34.7 Å². The van der Waals surface area contributed by atoms with Gasteiger partial charge in [-0.15, -0.1) is 5.10 Å². The second kappa shape index (κ2) is 14.7. The van der Waals surface area contributed by atoms with E-state index in [-0.39, 0.29) is 25.4 Å². The highest BCUT2D eigenvalue weighted by molar-refractivity contribution is 7.57. The maximum Gasteiger partial charge on any atom is 0.354 e. The summed E-state index contributed by atoms with van der Waals surface area (Å²) in [7, 11) is -1.96. The molecule has 3 aromatic heterocycles. The van der Waals surface area contributed by atoms with Gasteiger partial charge in [-0.2, -0.15) is 0 Å². The van der Waals surface area contributed by atoms with Crippen molar-refractivity contribution < 1.29 is 36.7 Å². The lowest BCUT2D eigenvalue weighted by molar-refractivity contribution is 0.149. The first-order valence-corrected chi connectivity index (χ1v) is 16.5. The van der Waals surface area contributed by atoms with Gasteiger partial charge in [0.15, 0.2) is 17.3 Å². The maximum atomic E-state index is 13.5. The minimum Gasteiger partial charge on any atom is -0.493 e. The van der Waals surface area contributed by atoms with E-state index in [1.807, 2.05) is 83.1 Å². The van der Waals surface area contributed by atoms with Crippen LogP contribution in [0.2, 0.25) is 0 Å². The summed E-state index contributed by atoms with van der Waals surface area (Å²) in [6.45, 7) is 9.43. The van der Waals surface area contributed by atoms with Crippen LogP contribution in [0, 0.1) is 6.92 Å². The molecule has 46 heavy (non-hydrogen) atoms.